The molecule has 1 aromatic rings. The monoisotopic (exact) mass is 450 g/mol. The van der Waals surface area contributed by atoms with Crippen molar-refractivity contribution in [3.63, 3.8) is 0 Å². The molecule has 0 atom stereocenters. The van der Waals surface area contributed by atoms with Crippen molar-refractivity contribution in [3.8, 4) is 5.75 Å². The van der Waals surface area contributed by atoms with E-state index in [4.69, 9.17) is 16.3 Å². The largest absolute Gasteiger partial charge is 0.482 e. The minimum absolute atomic E-state index is 0.156. The van der Waals surface area contributed by atoms with E-state index in [1.54, 1.807) is 19.1 Å². The molecule has 0 aliphatic heterocycles. The molecule has 0 radical (unpaired) electrons. The van der Waals surface area contributed by atoms with Crippen molar-refractivity contribution in [1.29, 1.82) is 0 Å². The molecule has 0 fully saturated rings. The number of nitrogens with one attached hydrogen (secondary N) is 2. The number of carbonyl (C=O) groups is 2. The first-order chi connectivity index (χ1) is 13.1. The van der Waals surface area contributed by atoms with Gasteiger partial charge in [0.25, 0.3) is 5.91 Å². The van der Waals surface area contributed by atoms with E-state index in [0.29, 0.717) is 0 Å². The van der Waals surface area contributed by atoms with Gasteiger partial charge in [-0.1, -0.05) is 17.7 Å². The second kappa shape index (κ2) is 8.89. The van der Waals surface area contributed by atoms with Gasteiger partial charge < -0.3 is 10.2 Å². The predicted octanol–water partition coefficient (Wildman–Crippen LogP) is 3.95. The molecule has 29 heavy (non-hydrogen) atoms. The third kappa shape index (κ3) is 5.99. The topological polar surface area (TPSA) is 67.4 Å². The number of halogens is 8. The first kappa shape index (κ1) is 24.5. The zero-order valence-electron chi connectivity index (χ0n) is 14.8. The maximum absolute atomic E-state index is 13.2. The number of amides is 1. The smallest absolute Gasteiger partial charge is 0.460 e. The molecule has 162 valence electrons. The molecule has 13 heteroatoms. The summed E-state index contributed by atoms with van der Waals surface area (Å²) in [6.45, 7) is 2.02. The van der Waals surface area contributed by atoms with Crippen LogP contribution < -0.4 is 15.6 Å². The number of hydrogen-bond acceptors (Lipinski definition) is 4. The first-order valence-corrected chi connectivity index (χ1v) is 7.96. The highest BCUT2D eigenvalue weighted by Gasteiger charge is 2.75. The molecule has 0 unspecified atom stereocenters. The van der Waals surface area contributed by atoms with Gasteiger partial charge in [0.2, 0.25) is 5.78 Å². The molecule has 5 nitrogen and oxygen atoms in total. The molecule has 0 aliphatic rings. The SMILES string of the molecule is C/C(=C\C(=O)C(F)(F)C(F)(F)C(F)(F)F)NNC(=O)COc1ccc(C)cc1Cl. The fourth-order valence-electron chi connectivity index (χ4n) is 1.73. The Kier molecular flexibility index (Phi) is 7.52. The van der Waals surface area contributed by atoms with Crippen molar-refractivity contribution in [3.05, 3.63) is 40.6 Å². The summed E-state index contributed by atoms with van der Waals surface area (Å²) in [4.78, 5) is 22.8. The third-order valence-corrected chi connectivity index (χ3v) is 3.55. The number of benzene rings is 1. The van der Waals surface area contributed by atoms with Gasteiger partial charge in [-0.2, -0.15) is 30.7 Å². The molecular formula is C16H14ClF7N2O3. The van der Waals surface area contributed by atoms with Gasteiger partial charge in [-0.05, 0) is 31.5 Å². The molecule has 0 saturated heterocycles. The van der Waals surface area contributed by atoms with Crippen molar-refractivity contribution in [1.82, 2.24) is 10.9 Å². The molecule has 0 aliphatic carbocycles. The predicted molar refractivity (Wildman–Crippen MR) is 87.7 cm³/mol. The zero-order chi connectivity index (χ0) is 22.6. The van der Waals surface area contributed by atoms with E-state index in [9.17, 15) is 40.3 Å². The highest BCUT2D eigenvalue weighted by molar-refractivity contribution is 6.32. The molecule has 1 aromatic carbocycles. The third-order valence-electron chi connectivity index (χ3n) is 3.25. The number of ether oxygens (including phenoxy) is 1. The summed E-state index contributed by atoms with van der Waals surface area (Å²) in [6, 6.07) is 4.68. The Labute approximate surface area is 164 Å². The minimum atomic E-state index is -6.63. The van der Waals surface area contributed by atoms with E-state index in [-0.39, 0.29) is 16.8 Å². The number of alkyl halides is 7. The van der Waals surface area contributed by atoms with E-state index in [1.807, 2.05) is 10.9 Å². The summed E-state index contributed by atoms with van der Waals surface area (Å²) in [6.07, 6.45) is -6.83. The van der Waals surface area contributed by atoms with Gasteiger partial charge in [0.15, 0.2) is 6.61 Å². The molecule has 0 heterocycles. The summed E-state index contributed by atoms with van der Waals surface area (Å²) in [5.74, 6) is -16.2. The Morgan fingerprint density at radius 1 is 1.10 bits per heavy atom. The number of hydrogen-bond donors (Lipinski definition) is 2. The Morgan fingerprint density at radius 3 is 2.21 bits per heavy atom. The lowest BCUT2D eigenvalue weighted by Gasteiger charge is -2.26. The first-order valence-electron chi connectivity index (χ1n) is 7.58. The van der Waals surface area contributed by atoms with Gasteiger partial charge in [0.1, 0.15) is 5.75 Å². The van der Waals surface area contributed by atoms with Crippen LogP contribution in [0.4, 0.5) is 30.7 Å². The van der Waals surface area contributed by atoms with Crippen LogP contribution in [0.3, 0.4) is 0 Å². The van der Waals surface area contributed by atoms with E-state index in [1.165, 1.54) is 6.07 Å². The van der Waals surface area contributed by atoms with Gasteiger partial charge in [0, 0.05) is 11.8 Å². The summed E-state index contributed by atoms with van der Waals surface area (Å²) in [7, 11) is 0. The van der Waals surface area contributed by atoms with Crippen LogP contribution in [-0.2, 0) is 9.59 Å². The van der Waals surface area contributed by atoms with E-state index < -0.39 is 42.0 Å². The Morgan fingerprint density at radius 2 is 1.69 bits per heavy atom. The van der Waals surface area contributed by atoms with Crippen LogP contribution in [-0.4, -0.2) is 36.3 Å². The molecule has 0 bridgehead atoms. The molecule has 2 N–H and O–H groups in total. The number of rotatable bonds is 8. The van der Waals surface area contributed by atoms with Crippen LogP contribution in [0.2, 0.25) is 5.02 Å². The highest BCUT2D eigenvalue weighted by atomic mass is 35.5. The Hall–Kier alpha value is -2.50. The van der Waals surface area contributed by atoms with Crippen LogP contribution in [0.15, 0.2) is 30.0 Å². The van der Waals surface area contributed by atoms with Gasteiger partial charge in [-0.3, -0.25) is 15.0 Å². The lowest BCUT2D eigenvalue weighted by molar-refractivity contribution is -0.342. The van der Waals surface area contributed by atoms with E-state index in [2.05, 4.69) is 0 Å². The molecule has 0 spiro atoms. The van der Waals surface area contributed by atoms with Crippen molar-refractivity contribution in [2.75, 3.05) is 6.61 Å². The van der Waals surface area contributed by atoms with Crippen molar-refractivity contribution >= 4 is 23.3 Å². The fourth-order valence-corrected chi connectivity index (χ4v) is 2.02. The molecule has 0 aromatic heterocycles. The number of carbonyl (C=O) groups excluding carboxylic acids is 2. The second-order valence-electron chi connectivity index (χ2n) is 5.73. The standard InChI is InChI=1S/C16H14ClF7N2O3/c1-8-3-4-11(10(17)5-8)29-7-13(28)26-25-9(2)6-12(27)14(18,19)15(20,21)16(22,23)24/h3-6,25H,7H2,1-2H3,(H,26,28)/b9-6+. The lowest BCUT2D eigenvalue weighted by atomic mass is 10.1. The molecular weight excluding hydrogens is 437 g/mol. The van der Waals surface area contributed by atoms with Gasteiger partial charge in [0.05, 0.1) is 5.02 Å². The normalized spacial score (nSPS) is 13.1. The van der Waals surface area contributed by atoms with Crippen LogP contribution >= 0.6 is 11.6 Å². The minimum Gasteiger partial charge on any atom is -0.482 e. The number of allylic oxidation sites excluding steroid dienone is 2. The average Bonchev–Trinajstić information content (AvgIpc) is 2.57. The number of ketones is 1. The molecule has 1 amide bonds. The quantitative estimate of drug-likeness (QED) is 0.357. The second-order valence-corrected chi connectivity index (χ2v) is 6.14. The highest BCUT2D eigenvalue weighted by Crippen LogP contribution is 2.47. The van der Waals surface area contributed by atoms with Gasteiger partial charge >= 0.3 is 18.0 Å². The number of aryl methyl sites for hydroxylation is 1. The molecule has 0 saturated carbocycles. The van der Waals surface area contributed by atoms with Crippen molar-refractivity contribution in [2.24, 2.45) is 0 Å². The van der Waals surface area contributed by atoms with Crippen LogP contribution in [0.25, 0.3) is 0 Å². The molecule has 1 rings (SSSR count). The zero-order valence-corrected chi connectivity index (χ0v) is 15.5. The summed E-state index contributed by atoms with van der Waals surface area (Å²) in [5, 5.41) is 0.209. The van der Waals surface area contributed by atoms with Crippen LogP contribution in [0, 0.1) is 6.92 Å². The van der Waals surface area contributed by atoms with E-state index in [0.717, 1.165) is 12.5 Å². The maximum atomic E-state index is 13.2. The average molecular weight is 451 g/mol. The van der Waals surface area contributed by atoms with Crippen molar-refractivity contribution in [2.45, 2.75) is 31.9 Å². The lowest BCUT2D eigenvalue weighted by Crippen LogP contribution is -2.55. The summed E-state index contributed by atoms with van der Waals surface area (Å²) < 4.78 is 93.3. The van der Waals surface area contributed by atoms with Gasteiger partial charge in [-0.25, -0.2) is 0 Å². The summed E-state index contributed by atoms with van der Waals surface area (Å²) >= 11 is 5.88. The Bertz CT molecular complexity index is 810. The Balaban J connectivity index is 2.66. The number of hydrazine groups is 1. The fraction of sp³-hybridized carbons (Fsp3) is 0.375. The van der Waals surface area contributed by atoms with Crippen molar-refractivity contribution < 1.29 is 45.1 Å². The van der Waals surface area contributed by atoms with Crippen LogP contribution in [0.5, 0.6) is 5.75 Å². The maximum Gasteiger partial charge on any atom is 0.460 e. The van der Waals surface area contributed by atoms with Gasteiger partial charge in [-0.15, -0.1) is 0 Å². The van der Waals surface area contributed by atoms with E-state index >= 15 is 0 Å². The summed E-state index contributed by atoms with van der Waals surface area (Å²) in [5.41, 5.74) is 3.98. The van der Waals surface area contributed by atoms with Crippen LogP contribution in [0.1, 0.15) is 12.5 Å².